The van der Waals surface area contributed by atoms with E-state index in [0.29, 0.717) is 0 Å². The number of ether oxygens (including phenoxy) is 1. The maximum absolute atomic E-state index is 9.75. The van der Waals surface area contributed by atoms with Gasteiger partial charge in [-0.1, -0.05) is 96.7 Å². The van der Waals surface area contributed by atoms with E-state index in [1.807, 2.05) is 6.07 Å². The van der Waals surface area contributed by atoms with E-state index in [9.17, 15) is 17.3 Å². The summed E-state index contributed by atoms with van der Waals surface area (Å²) in [5, 5.41) is 3.96. The van der Waals surface area contributed by atoms with Crippen molar-refractivity contribution in [2.24, 2.45) is 0 Å². The highest BCUT2D eigenvalue weighted by Gasteiger charge is 2.51. The molecule has 0 amide bonds. The van der Waals surface area contributed by atoms with Gasteiger partial charge >= 0.3 is 7.25 Å². The van der Waals surface area contributed by atoms with Crippen LogP contribution in [-0.4, -0.2) is 20.6 Å². The zero-order valence-corrected chi connectivity index (χ0v) is 24.1. The summed E-state index contributed by atoms with van der Waals surface area (Å²) >= 11 is 1.79. The van der Waals surface area contributed by atoms with Crippen LogP contribution >= 0.6 is 19.0 Å². The van der Waals surface area contributed by atoms with Crippen molar-refractivity contribution >= 4 is 48.0 Å². The Morgan fingerprint density at radius 3 is 1.19 bits per heavy atom. The molecule has 0 heterocycles. The summed E-state index contributed by atoms with van der Waals surface area (Å²) in [5.74, 6) is 0.943. The zero-order valence-electron chi connectivity index (χ0n) is 20.3. The van der Waals surface area contributed by atoms with Crippen LogP contribution in [0.5, 0.6) is 0 Å². The third-order valence-corrected chi connectivity index (χ3v) is 11.3. The minimum Gasteiger partial charge on any atom is -1.00 e. The molecule has 0 aromatic heterocycles. The molecule has 37 heavy (non-hydrogen) atoms. The fraction of sp³-hybridized carbons (Fsp3) is 0.0714. The molecule has 4 rings (SSSR count). The number of halogens is 5. The predicted molar refractivity (Wildman–Crippen MR) is 149 cm³/mol. The Morgan fingerprint density at radius 2 is 0.919 bits per heavy atom. The van der Waals surface area contributed by atoms with Crippen LogP contribution in [0.3, 0.4) is 0 Å². The fourth-order valence-corrected chi connectivity index (χ4v) is 10.5. The summed E-state index contributed by atoms with van der Waals surface area (Å²) in [5.41, 5.74) is 1.10. The molecular formula is C28H26BF4IOPS-. The molecule has 0 aliphatic rings. The second kappa shape index (κ2) is 14.6. The quantitative estimate of drug-likeness (QED) is 0.0946. The first-order valence-corrected chi connectivity index (χ1v) is 14.1. The maximum Gasteiger partial charge on any atom is 0.673 e. The second-order valence-electron chi connectivity index (χ2n) is 7.58. The summed E-state index contributed by atoms with van der Waals surface area (Å²) in [4.78, 5) is 0. The van der Waals surface area contributed by atoms with Gasteiger partial charge in [0.25, 0.3) is 0 Å². The van der Waals surface area contributed by atoms with Crippen LogP contribution in [0.1, 0.15) is 5.56 Å². The molecule has 0 aliphatic carbocycles. The van der Waals surface area contributed by atoms with E-state index < -0.39 is 14.5 Å². The number of hydrogen-bond acceptors (Lipinski definition) is 2. The average molecular weight is 655 g/mol. The molecule has 0 bridgehead atoms. The van der Waals surface area contributed by atoms with E-state index in [4.69, 9.17) is 4.74 Å². The summed E-state index contributed by atoms with van der Waals surface area (Å²) in [6, 6.07) is 43.2. The van der Waals surface area contributed by atoms with Crippen LogP contribution in [0.4, 0.5) is 17.3 Å². The van der Waals surface area contributed by atoms with Gasteiger partial charge in [0.2, 0.25) is 0 Å². The fourth-order valence-electron chi connectivity index (χ4n) is 4.05. The number of methoxy groups -OCH3 is 1. The molecule has 1 nitrogen and oxygen atoms in total. The molecule has 0 aliphatic heterocycles. The van der Waals surface area contributed by atoms with Gasteiger partial charge in [0.05, 0.1) is 7.11 Å². The van der Waals surface area contributed by atoms with Crippen LogP contribution in [0.15, 0.2) is 126 Å². The maximum atomic E-state index is 9.75. The van der Waals surface area contributed by atoms with Gasteiger partial charge in [0, 0.05) is 5.56 Å². The lowest BCUT2D eigenvalue weighted by Gasteiger charge is -2.29. The Bertz CT molecular complexity index is 1140. The van der Waals surface area contributed by atoms with Crippen molar-refractivity contribution in [2.45, 2.75) is 0 Å². The van der Waals surface area contributed by atoms with Crippen molar-refractivity contribution < 1.29 is 46.0 Å². The summed E-state index contributed by atoms with van der Waals surface area (Å²) in [7, 11) is -6.40. The van der Waals surface area contributed by atoms with Crippen molar-refractivity contribution in [3.8, 4) is 0 Å². The Hall–Kier alpha value is -2.29. The van der Waals surface area contributed by atoms with Gasteiger partial charge in [-0.2, -0.15) is 0 Å². The smallest absolute Gasteiger partial charge is 0.673 e. The number of benzene rings is 4. The van der Waals surface area contributed by atoms with Gasteiger partial charge in [-0.3, -0.25) is 0 Å². The standard InChI is InChI=1S/C28H26OPS.BF4.HI/c1-29-27(23-15-7-3-8-16-23)28(31-2)30(24-17-9-4-10-18-24,25-19-11-5-12-20-25)26-21-13-6-14-22-26;2-1(3,4)5;/h3-22H,1-2H3;;1H/q+1;-1;/p-1/b28-27-;;. The highest BCUT2D eigenvalue weighted by atomic mass is 127. The van der Waals surface area contributed by atoms with Crippen LogP contribution in [0.2, 0.25) is 0 Å². The summed E-state index contributed by atoms with van der Waals surface area (Å²) < 4.78 is 46.4. The van der Waals surface area contributed by atoms with Gasteiger partial charge in [0.15, 0.2) is 17.7 Å². The van der Waals surface area contributed by atoms with Crippen LogP contribution in [-0.2, 0) is 4.74 Å². The number of thioether (sulfide) groups is 1. The molecule has 0 unspecified atom stereocenters. The molecule has 0 radical (unpaired) electrons. The lowest BCUT2D eigenvalue weighted by molar-refractivity contribution is -0.0000130. The van der Waals surface area contributed by atoms with Crippen molar-refractivity contribution in [2.75, 3.05) is 13.4 Å². The Labute approximate surface area is 237 Å². The Balaban J connectivity index is 0.000000734. The van der Waals surface area contributed by atoms with Crippen molar-refractivity contribution in [1.29, 1.82) is 0 Å². The molecule has 194 valence electrons. The van der Waals surface area contributed by atoms with Crippen molar-refractivity contribution in [1.82, 2.24) is 0 Å². The predicted octanol–water partition coefficient (Wildman–Crippen LogP) is 4.62. The van der Waals surface area contributed by atoms with Gasteiger partial charge in [-0.15, -0.1) is 0 Å². The number of rotatable bonds is 7. The van der Waals surface area contributed by atoms with E-state index in [-0.39, 0.29) is 24.0 Å². The van der Waals surface area contributed by atoms with E-state index in [0.717, 1.165) is 11.3 Å². The summed E-state index contributed by atoms with van der Waals surface area (Å²) in [6.07, 6.45) is 2.17. The van der Waals surface area contributed by atoms with Crippen LogP contribution < -0.4 is 39.9 Å². The number of hydrogen-bond donors (Lipinski definition) is 0. The largest absolute Gasteiger partial charge is 1.00 e. The average Bonchev–Trinajstić information content (AvgIpc) is 2.90. The first-order chi connectivity index (χ1) is 17.3. The molecule has 0 saturated heterocycles. The normalized spacial score (nSPS) is 11.8. The second-order valence-corrected chi connectivity index (χ2v) is 12.0. The third-order valence-electron chi connectivity index (χ3n) is 5.36. The minimum atomic E-state index is -6.00. The SMILES string of the molecule is CO/C(=C(\SC)[P+](c1ccccc1)(c1ccccc1)c1ccccc1)c1ccccc1.F[B-](F)(F)F.[I-]. The van der Waals surface area contributed by atoms with Gasteiger partial charge in [-0.25, -0.2) is 0 Å². The molecule has 4 aromatic rings. The van der Waals surface area contributed by atoms with Gasteiger partial charge < -0.3 is 46.0 Å². The molecule has 0 fully saturated rings. The van der Waals surface area contributed by atoms with E-state index in [1.54, 1.807) is 18.9 Å². The lowest BCUT2D eigenvalue weighted by Crippen LogP contribution is -3.00. The molecule has 4 aromatic carbocycles. The van der Waals surface area contributed by atoms with Crippen molar-refractivity contribution in [3.63, 3.8) is 0 Å². The minimum absolute atomic E-state index is 0. The molecule has 0 atom stereocenters. The Morgan fingerprint density at radius 1 is 0.622 bits per heavy atom. The Kier molecular flexibility index (Phi) is 12.2. The highest BCUT2D eigenvalue weighted by Crippen LogP contribution is 2.67. The van der Waals surface area contributed by atoms with Crippen LogP contribution in [0.25, 0.3) is 5.76 Å². The molecule has 9 heteroatoms. The lowest BCUT2D eigenvalue weighted by atomic mass is 10.2. The van der Waals surface area contributed by atoms with E-state index >= 15 is 0 Å². The first kappa shape index (κ1) is 30.9. The highest BCUT2D eigenvalue weighted by molar-refractivity contribution is 8.19. The monoisotopic (exact) mass is 655 g/mol. The van der Waals surface area contributed by atoms with Crippen molar-refractivity contribution in [3.05, 3.63) is 132 Å². The first-order valence-electron chi connectivity index (χ1n) is 11.1. The topological polar surface area (TPSA) is 9.23 Å². The zero-order chi connectivity index (χ0) is 26.0. The van der Waals surface area contributed by atoms with Crippen LogP contribution in [0, 0.1) is 0 Å². The molecular weight excluding hydrogens is 629 g/mol. The van der Waals surface area contributed by atoms with Gasteiger partial charge in [-0.05, 0) is 42.7 Å². The molecule has 0 saturated carbocycles. The van der Waals surface area contributed by atoms with E-state index in [1.165, 1.54) is 20.6 Å². The summed E-state index contributed by atoms with van der Waals surface area (Å²) in [6.45, 7) is 0. The van der Waals surface area contributed by atoms with E-state index in [2.05, 4.69) is 122 Å². The molecule has 0 spiro atoms. The molecule has 0 N–H and O–H groups in total. The third kappa shape index (κ3) is 7.85. The van der Waals surface area contributed by atoms with Gasteiger partial charge in [0.1, 0.15) is 15.9 Å².